The Morgan fingerprint density at radius 2 is 1.55 bits per heavy atom. The van der Waals surface area contributed by atoms with Gasteiger partial charge in [0.25, 0.3) is 5.91 Å². The van der Waals surface area contributed by atoms with Gasteiger partial charge in [0, 0.05) is 41.6 Å². The lowest BCUT2D eigenvalue weighted by Gasteiger charge is -2.28. The molecule has 1 atom stereocenters. The number of nitrogens with two attached hydrogens (primary N) is 1. The molecular formula is C44H51F4N7O5. The number of aromatic amines is 1. The number of aromatic nitrogens is 3. The van der Waals surface area contributed by atoms with Crippen LogP contribution in [0.1, 0.15) is 72.3 Å². The quantitative estimate of drug-likeness (QED) is 0.0754. The number of carboxylic acids is 1. The lowest BCUT2D eigenvalue weighted by molar-refractivity contribution is -0.231. The van der Waals surface area contributed by atoms with Gasteiger partial charge in [-0.15, -0.1) is 0 Å². The van der Waals surface area contributed by atoms with E-state index in [-0.39, 0.29) is 36.0 Å². The van der Waals surface area contributed by atoms with Gasteiger partial charge >= 0.3 is 17.8 Å². The predicted molar refractivity (Wildman–Crippen MR) is 217 cm³/mol. The Morgan fingerprint density at radius 3 is 2.17 bits per heavy atom. The van der Waals surface area contributed by atoms with Gasteiger partial charge in [0.05, 0.1) is 0 Å². The predicted octanol–water partition coefficient (Wildman–Crippen LogP) is 6.85. The summed E-state index contributed by atoms with van der Waals surface area (Å²) < 4.78 is 55.9. The van der Waals surface area contributed by atoms with E-state index in [9.17, 15) is 36.7 Å². The van der Waals surface area contributed by atoms with Crippen LogP contribution < -0.4 is 16.4 Å². The van der Waals surface area contributed by atoms with Gasteiger partial charge in [0.2, 0.25) is 11.7 Å². The van der Waals surface area contributed by atoms with Crippen molar-refractivity contribution < 1.29 is 41.8 Å². The van der Waals surface area contributed by atoms with Gasteiger partial charge in [0.15, 0.2) is 5.82 Å². The first-order valence-electron chi connectivity index (χ1n) is 20.3. The van der Waals surface area contributed by atoms with Gasteiger partial charge in [0.1, 0.15) is 5.78 Å². The van der Waals surface area contributed by atoms with Gasteiger partial charge in [-0.25, -0.2) is 9.78 Å². The molecule has 12 nitrogen and oxygen atoms in total. The lowest BCUT2D eigenvalue weighted by Crippen LogP contribution is -2.45. The number of H-pyrrole nitrogens is 1. The highest BCUT2D eigenvalue weighted by atomic mass is 19.3. The number of benzene rings is 3. The summed E-state index contributed by atoms with van der Waals surface area (Å²) in [5, 5.41) is 19.8. The summed E-state index contributed by atoms with van der Waals surface area (Å²) in [5.74, 6) is -16.2. The van der Waals surface area contributed by atoms with Crippen LogP contribution >= 0.6 is 0 Å². The van der Waals surface area contributed by atoms with Crippen LogP contribution in [0, 0.1) is 30.6 Å². The Morgan fingerprint density at radius 1 is 0.900 bits per heavy atom. The second-order valence-electron chi connectivity index (χ2n) is 16.2. The number of anilines is 1. The maximum absolute atomic E-state index is 14.3. The molecule has 0 radical (unpaired) electrons. The number of carbonyl (C=O) groups is 4. The fourth-order valence-electron chi connectivity index (χ4n) is 7.99. The number of amides is 2. The van der Waals surface area contributed by atoms with E-state index in [1.807, 2.05) is 49.4 Å². The van der Waals surface area contributed by atoms with E-state index in [1.54, 1.807) is 5.10 Å². The first kappa shape index (κ1) is 44.1. The number of halogens is 4. The molecule has 6 N–H and O–H groups in total. The molecule has 3 aromatic carbocycles. The summed E-state index contributed by atoms with van der Waals surface area (Å²) in [7, 11) is 2.11. The maximum atomic E-state index is 14.3. The average molecular weight is 834 g/mol. The van der Waals surface area contributed by atoms with E-state index < -0.39 is 41.3 Å². The van der Waals surface area contributed by atoms with Crippen LogP contribution in [0.4, 0.5) is 23.2 Å². The highest BCUT2D eigenvalue weighted by Crippen LogP contribution is 2.42. The van der Waals surface area contributed by atoms with Crippen LogP contribution in [0.25, 0.3) is 22.5 Å². The molecule has 4 aromatic rings. The number of Topliss-reactive ketones (excluding diaryl/α,β-unsaturated/α-hetero) is 1. The number of hydrogen-bond acceptors (Lipinski definition) is 8. The Kier molecular flexibility index (Phi) is 13.8. The molecule has 1 aliphatic carbocycles. The van der Waals surface area contributed by atoms with Crippen molar-refractivity contribution >= 4 is 29.3 Å². The number of carboxylic acid groups (broad SMARTS) is 1. The minimum Gasteiger partial charge on any atom is -0.477 e. The summed E-state index contributed by atoms with van der Waals surface area (Å²) in [5.41, 5.74) is 10.6. The zero-order valence-corrected chi connectivity index (χ0v) is 33.7. The van der Waals surface area contributed by atoms with Gasteiger partial charge < -0.3 is 26.4 Å². The maximum Gasteiger partial charge on any atom is 0.411 e. The number of rotatable bonds is 16. The molecule has 6 rings (SSSR count). The highest BCUT2D eigenvalue weighted by Gasteiger charge is 2.65. The van der Waals surface area contributed by atoms with Crippen molar-refractivity contribution in [3.63, 3.8) is 0 Å². The van der Waals surface area contributed by atoms with Crippen LogP contribution in [0.3, 0.4) is 0 Å². The molecule has 2 heterocycles. The normalized spacial score (nSPS) is 18.4. The number of carbonyl (C=O) groups excluding carboxylic acids is 3. The molecule has 2 fully saturated rings. The average Bonchev–Trinajstić information content (AvgIpc) is 3.75. The third-order valence-corrected chi connectivity index (χ3v) is 11.9. The van der Waals surface area contributed by atoms with Crippen molar-refractivity contribution in [3.8, 4) is 22.5 Å². The van der Waals surface area contributed by atoms with Gasteiger partial charge in [-0.05, 0) is 149 Å². The summed E-state index contributed by atoms with van der Waals surface area (Å²) >= 11 is 0. The van der Waals surface area contributed by atoms with Crippen molar-refractivity contribution in [1.29, 1.82) is 0 Å². The standard InChI is InChI=1S/C44H51F4N7O5/c1-26-21-33(39(57)50-25-29-17-19-55(2)20-18-29)13-16-36(26)30-7-3-27(4-8-30)22-34(23-37(56)31-9-5-28(24-49)6-10-31)40(58)51-35-14-11-32(12-15-35)38-52-41(54-53-38)43(45,46)44(47,48)42(59)60/h3-4,7-8,11-16,21,28-29,31,34H,5-6,9-10,17-20,22-25,49H2,1-2H3,(H,50,57)(H,51,58)(H,59,60)(H,52,53,54)/t28?,31?,34-/m1/s1. The molecule has 60 heavy (non-hydrogen) atoms. The first-order valence-corrected chi connectivity index (χ1v) is 20.3. The molecule has 1 aliphatic heterocycles. The Hall–Kier alpha value is -5.48. The molecule has 320 valence electrons. The van der Waals surface area contributed by atoms with Crippen LogP contribution in [-0.2, 0) is 26.7 Å². The van der Waals surface area contributed by atoms with Crippen LogP contribution in [0.15, 0.2) is 66.7 Å². The number of piperidine rings is 1. The number of hydrogen-bond donors (Lipinski definition) is 5. The van der Waals surface area contributed by atoms with Crippen molar-refractivity contribution in [2.45, 2.75) is 70.1 Å². The molecule has 1 saturated heterocycles. The minimum absolute atomic E-state index is 0.00868. The number of ketones is 1. The fourth-order valence-corrected chi connectivity index (χ4v) is 7.99. The third-order valence-electron chi connectivity index (χ3n) is 11.9. The molecule has 0 unspecified atom stereocenters. The van der Waals surface area contributed by atoms with E-state index >= 15 is 0 Å². The van der Waals surface area contributed by atoms with E-state index in [0.29, 0.717) is 49.0 Å². The van der Waals surface area contributed by atoms with Gasteiger partial charge in [-0.2, -0.15) is 22.7 Å². The number of nitrogens with zero attached hydrogens (tertiary/aromatic N) is 3. The topological polar surface area (TPSA) is 183 Å². The SMILES string of the molecule is Cc1cc(C(=O)NCC2CCN(C)CC2)ccc1-c1ccc(C[C@H](CC(=O)C2CCC(CN)CC2)C(=O)Nc2ccc(-c3n[nH]c(C(F)(F)C(F)(F)C(=O)O)n3)cc2)cc1. The summed E-state index contributed by atoms with van der Waals surface area (Å²) in [6.07, 6.45) is 5.54. The van der Waals surface area contributed by atoms with Gasteiger partial charge in [-0.3, -0.25) is 19.5 Å². The van der Waals surface area contributed by atoms with Gasteiger partial charge in [-0.1, -0.05) is 30.3 Å². The zero-order chi connectivity index (χ0) is 43.2. The van der Waals surface area contributed by atoms with E-state index in [1.165, 1.54) is 24.3 Å². The Bertz CT molecular complexity index is 2150. The summed E-state index contributed by atoms with van der Waals surface area (Å²) in [6, 6.07) is 19.0. The summed E-state index contributed by atoms with van der Waals surface area (Å²) in [6.45, 7) is 5.26. The number of aryl methyl sites for hydroxylation is 1. The molecule has 1 saturated carbocycles. The lowest BCUT2D eigenvalue weighted by atomic mass is 9.77. The number of likely N-dealkylation sites (tertiary alicyclic amines) is 1. The van der Waals surface area contributed by atoms with Crippen molar-refractivity contribution in [2.24, 2.45) is 29.4 Å². The molecule has 1 aromatic heterocycles. The number of alkyl halides is 4. The molecule has 2 amide bonds. The van der Waals surface area contributed by atoms with E-state index in [4.69, 9.17) is 10.8 Å². The van der Waals surface area contributed by atoms with Crippen molar-refractivity contribution in [2.75, 3.05) is 38.5 Å². The van der Waals surface area contributed by atoms with Crippen LogP contribution in [0.2, 0.25) is 0 Å². The molecule has 16 heteroatoms. The second kappa shape index (κ2) is 18.8. The van der Waals surface area contributed by atoms with Crippen LogP contribution in [-0.4, -0.2) is 87.9 Å². The number of aliphatic carboxylic acids is 1. The smallest absolute Gasteiger partial charge is 0.411 e. The highest BCUT2D eigenvalue weighted by molar-refractivity contribution is 5.96. The van der Waals surface area contributed by atoms with Crippen molar-refractivity contribution in [1.82, 2.24) is 25.4 Å². The Balaban J connectivity index is 1.13. The Labute approximate surface area is 345 Å². The summed E-state index contributed by atoms with van der Waals surface area (Å²) in [4.78, 5) is 56.9. The van der Waals surface area contributed by atoms with Crippen molar-refractivity contribution in [3.05, 3.63) is 89.2 Å². The zero-order valence-electron chi connectivity index (χ0n) is 33.7. The molecule has 2 aliphatic rings. The second-order valence-corrected chi connectivity index (χ2v) is 16.2. The monoisotopic (exact) mass is 833 g/mol. The van der Waals surface area contributed by atoms with E-state index in [2.05, 4.69) is 32.7 Å². The molecular weight excluding hydrogens is 783 g/mol. The molecule has 0 spiro atoms. The fraction of sp³-hybridized carbons (Fsp3) is 0.455. The minimum atomic E-state index is -5.43. The molecule has 0 bridgehead atoms. The first-order chi connectivity index (χ1) is 28.5. The third kappa shape index (κ3) is 10.3. The van der Waals surface area contributed by atoms with E-state index in [0.717, 1.165) is 61.0 Å². The largest absolute Gasteiger partial charge is 0.477 e. The number of nitrogens with one attached hydrogen (secondary N) is 3. The van der Waals surface area contributed by atoms with Crippen LogP contribution in [0.5, 0.6) is 0 Å².